The Hall–Kier alpha value is -3.12. The van der Waals surface area contributed by atoms with Gasteiger partial charge in [-0.3, -0.25) is 9.80 Å². The zero-order valence-electron chi connectivity index (χ0n) is 17.8. The minimum absolute atomic E-state index is 0.0283. The second-order valence-corrected chi connectivity index (χ2v) is 8.78. The molecular weight excluding hydrogens is 390 g/mol. The maximum Gasteiger partial charge on any atom is 0.276 e. The zero-order valence-corrected chi connectivity index (χ0v) is 17.8. The fourth-order valence-corrected chi connectivity index (χ4v) is 5.15. The number of hydrogen-bond acceptors (Lipinski definition) is 5. The van der Waals surface area contributed by atoms with Crippen molar-refractivity contribution in [3.63, 3.8) is 0 Å². The van der Waals surface area contributed by atoms with Gasteiger partial charge in [-0.25, -0.2) is 0 Å². The second kappa shape index (κ2) is 7.54. The van der Waals surface area contributed by atoms with E-state index < -0.39 is 6.10 Å². The summed E-state index contributed by atoms with van der Waals surface area (Å²) in [6.07, 6.45) is 1.95. The van der Waals surface area contributed by atoms with Crippen LogP contribution in [0.3, 0.4) is 0 Å². The lowest BCUT2D eigenvalue weighted by Crippen LogP contribution is -2.58. The van der Waals surface area contributed by atoms with E-state index in [0.717, 1.165) is 12.8 Å². The van der Waals surface area contributed by atoms with E-state index in [4.69, 9.17) is 0 Å². The number of carbonyl (C=O) groups is 1. The molecule has 0 radical (unpaired) electrons. The smallest absolute Gasteiger partial charge is 0.276 e. The Labute approximate surface area is 182 Å². The summed E-state index contributed by atoms with van der Waals surface area (Å²) in [5.74, 6) is -0.653. The van der Waals surface area contributed by atoms with Gasteiger partial charge in [-0.15, -0.1) is 0 Å². The average Bonchev–Trinajstić information content (AvgIpc) is 2.93. The SMILES string of the molecule is CC(C)N1C[C@@H](C2c3ccccc3CCc3ccccc32)N2N=CC(O)C(O)=C2C1=O. The summed E-state index contributed by atoms with van der Waals surface area (Å²) in [6, 6.07) is 16.7. The van der Waals surface area contributed by atoms with E-state index in [1.54, 1.807) is 9.91 Å². The highest BCUT2D eigenvalue weighted by Gasteiger charge is 2.46. The van der Waals surface area contributed by atoms with Crippen LogP contribution in [0.15, 0.2) is 65.1 Å². The minimum atomic E-state index is -1.27. The van der Waals surface area contributed by atoms with Crippen LogP contribution in [-0.4, -0.2) is 57.0 Å². The Morgan fingerprint density at radius 3 is 2.16 bits per heavy atom. The lowest BCUT2D eigenvalue weighted by atomic mass is 9.80. The fourth-order valence-electron chi connectivity index (χ4n) is 5.15. The van der Waals surface area contributed by atoms with Gasteiger partial charge in [-0.2, -0.15) is 5.10 Å². The minimum Gasteiger partial charge on any atom is -0.507 e. The molecule has 0 aromatic heterocycles. The number of carbonyl (C=O) groups excluding carboxylic acids is 1. The first-order valence-electron chi connectivity index (χ1n) is 10.9. The van der Waals surface area contributed by atoms with E-state index in [2.05, 4.69) is 53.6 Å². The van der Waals surface area contributed by atoms with Gasteiger partial charge in [0.2, 0.25) is 0 Å². The number of aryl methyl sites for hydroxylation is 2. The van der Waals surface area contributed by atoms with Crippen LogP contribution in [0, 0.1) is 0 Å². The maximum absolute atomic E-state index is 13.2. The van der Waals surface area contributed by atoms with E-state index in [0.29, 0.717) is 6.54 Å². The van der Waals surface area contributed by atoms with Crippen LogP contribution in [0.1, 0.15) is 42.0 Å². The molecule has 0 bridgehead atoms. The second-order valence-electron chi connectivity index (χ2n) is 8.78. The Kier molecular flexibility index (Phi) is 4.82. The number of benzene rings is 2. The van der Waals surface area contributed by atoms with Crippen molar-refractivity contribution in [3.05, 3.63) is 82.2 Å². The molecule has 2 heterocycles. The number of hydrazone groups is 1. The first kappa shape index (κ1) is 19.8. The van der Waals surface area contributed by atoms with Gasteiger partial charge in [0, 0.05) is 18.5 Å². The topological polar surface area (TPSA) is 76.4 Å². The first-order valence-corrected chi connectivity index (χ1v) is 10.9. The summed E-state index contributed by atoms with van der Waals surface area (Å²) in [7, 11) is 0. The van der Waals surface area contributed by atoms with Crippen LogP contribution >= 0.6 is 0 Å². The standard InChI is InChI=1S/C25H27N3O3/c1-15(2)27-14-20(28-23(25(27)31)24(30)21(29)13-26-28)22-18-9-5-3-7-16(18)11-12-17-8-4-6-10-19(17)22/h3-10,13,15,20-22,29-30H,11-12,14H2,1-2H3/t20-,21?/m0/s1. The molecule has 1 aliphatic carbocycles. The predicted octanol–water partition coefficient (Wildman–Crippen LogP) is 2.97. The van der Waals surface area contributed by atoms with Crippen LogP contribution < -0.4 is 0 Å². The molecule has 31 heavy (non-hydrogen) atoms. The van der Waals surface area contributed by atoms with Gasteiger partial charge in [0.25, 0.3) is 5.91 Å². The van der Waals surface area contributed by atoms with Gasteiger partial charge < -0.3 is 15.1 Å². The summed E-state index contributed by atoms with van der Waals surface area (Å²) < 4.78 is 0. The van der Waals surface area contributed by atoms with Gasteiger partial charge in [-0.1, -0.05) is 48.5 Å². The number of aliphatic hydroxyl groups excluding tert-OH is 2. The lowest BCUT2D eigenvalue weighted by Gasteiger charge is -2.47. The molecule has 6 nitrogen and oxygen atoms in total. The molecule has 2 aliphatic heterocycles. The summed E-state index contributed by atoms with van der Waals surface area (Å²) in [4.78, 5) is 15.0. The van der Waals surface area contributed by atoms with E-state index in [9.17, 15) is 15.0 Å². The summed E-state index contributed by atoms with van der Waals surface area (Å²) >= 11 is 0. The van der Waals surface area contributed by atoms with Crippen molar-refractivity contribution in [1.29, 1.82) is 0 Å². The molecule has 1 unspecified atom stereocenters. The highest BCUT2D eigenvalue weighted by atomic mass is 16.3. The zero-order chi connectivity index (χ0) is 21.7. The van der Waals surface area contributed by atoms with Crippen molar-refractivity contribution in [2.24, 2.45) is 5.10 Å². The highest BCUT2D eigenvalue weighted by molar-refractivity contribution is 5.96. The van der Waals surface area contributed by atoms with E-state index in [-0.39, 0.29) is 35.4 Å². The van der Waals surface area contributed by atoms with Crippen molar-refractivity contribution >= 4 is 12.1 Å². The molecule has 2 N–H and O–H groups in total. The number of hydrogen-bond donors (Lipinski definition) is 2. The number of aliphatic hydroxyl groups is 2. The van der Waals surface area contributed by atoms with Gasteiger partial charge >= 0.3 is 0 Å². The fraction of sp³-hybridized carbons (Fsp3) is 0.360. The van der Waals surface area contributed by atoms with Crippen LogP contribution in [0.25, 0.3) is 0 Å². The molecule has 3 aliphatic rings. The van der Waals surface area contributed by atoms with Gasteiger partial charge in [-0.05, 0) is 48.9 Å². The number of nitrogens with zero attached hydrogens (tertiary/aromatic N) is 3. The highest BCUT2D eigenvalue weighted by Crippen LogP contribution is 2.42. The molecule has 0 saturated carbocycles. The first-order chi connectivity index (χ1) is 15.0. The van der Waals surface area contributed by atoms with E-state index >= 15 is 0 Å². The molecule has 1 saturated heterocycles. The van der Waals surface area contributed by atoms with Gasteiger partial charge in [0.05, 0.1) is 12.3 Å². The predicted molar refractivity (Wildman–Crippen MR) is 119 cm³/mol. The van der Waals surface area contributed by atoms with Crippen molar-refractivity contribution in [2.75, 3.05) is 6.54 Å². The normalized spacial score (nSPS) is 23.5. The van der Waals surface area contributed by atoms with Crippen molar-refractivity contribution in [3.8, 4) is 0 Å². The number of amides is 1. The third-order valence-corrected chi connectivity index (χ3v) is 6.70. The summed E-state index contributed by atoms with van der Waals surface area (Å²) in [5.41, 5.74) is 5.14. The van der Waals surface area contributed by atoms with Crippen LogP contribution in [0.4, 0.5) is 0 Å². The summed E-state index contributed by atoms with van der Waals surface area (Å²) in [5, 5.41) is 26.9. The Morgan fingerprint density at radius 2 is 1.58 bits per heavy atom. The summed E-state index contributed by atoms with van der Waals surface area (Å²) in [6.45, 7) is 4.42. The molecular formula is C25H27N3O3. The molecule has 5 rings (SSSR count). The molecule has 1 fully saturated rings. The van der Waals surface area contributed by atoms with E-state index in [1.165, 1.54) is 28.5 Å². The van der Waals surface area contributed by atoms with Crippen molar-refractivity contribution in [2.45, 2.75) is 50.8 Å². The Balaban J connectivity index is 1.72. The maximum atomic E-state index is 13.2. The van der Waals surface area contributed by atoms with Crippen molar-refractivity contribution in [1.82, 2.24) is 9.91 Å². The number of piperazine rings is 1. The quantitative estimate of drug-likeness (QED) is 0.788. The lowest BCUT2D eigenvalue weighted by molar-refractivity contribution is -0.136. The molecule has 0 spiro atoms. The third kappa shape index (κ3) is 3.13. The Bertz CT molecular complexity index is 1040. The Morgan fingerprint density at radius 1 is 1.00 bits per heavy atom. The van der Waals surface area contributed by atoms with Gasteiger partial charge in [0.1, 0.15) is 6.10 Å². The van der Waals surface area contributed by atoms with Crippen LogP contribution in [0.2, 0.25) is 0 Å². The monoisotopic (exact) mass is 417 g/mol. The third-order valence-electron chi connectivity index (χ3n) is 6.70. The molecule has 1 amide bonds. The van der Waals surface area contributed by atoms with Crippen LogP contribution in [-0.2, 0) is 17.6 Å². The largest absolute Gasteiger partial charge is 0.507 e. The van der Waals surface area contributed by atoms with E-state index in [1.807, 2.05) is 13.8 Å². The number of rotatable bonds is 2. The molecule has 2 aromatic carbocycles. The molecule has 2 atom stereocenters. The average molecular weight is 418 g/mol. The van der Waals surface area contributed by atoms with Crippen molar-refractivity contribution < 1.29 is 15.0 Å². The molecule has 160 valence electrons. The molecule has 2 aromatic rings. The molecule has 6 heteroatoms. The van der Waals surface area contributed by atoms with Gasteiger partial charge in [0.15, 0.2) is 11.5 Å². The number of fused-ring (bicyclic) bond motifs is 3. The van der Waals surface area contributed by atoms with Crippen LogP contribution in [0.5, 0.6) is 0 Å².